The van der Waals surface area contributed by atoms with Crippen LogP contribution in [0.4, 0.5) is 4.79 Å². The summed E-state index contributed by atoms with van der Waals surface area (Å²) in [5.41, 5.74) is 4.52. The fourth-order valence-corrected chi connectivity index (χ4v) is 5.18. The number of alkyl carbamates (subject to hydrolysis) is 1. The van der Waals surface area contributed by atoms with Gasteiger partial charge < -0.3 is 20.1 Å². The number of carbonyl (C=O) groups excluding carboxylic acids is 2. The first-order chi connectivity index (χ1) is 16.4. The van der Waals surface area contributed by atoms with Crippen molar-refractivity contribution in [3.63, 3.8) is 0 Å². The quantitative estimate of drug-likeness (QED) is 0.633. The molecule has 1 fully saturated rings. The van der Waals surface area contributed by atoms with E-state index < -0.39 is 24.1 Å². The Kier molecular flexibility index (Phi) is 7.20. The van der Waals surface area contributed by atoms with Crippen LogP contribution in [0.2, 0.25) is 0 Å². The lowest BCUT2D eigenvalue weighted by atomic mass is 9.93. The Bertz CT molecular complexity index is 1020. The van der Waals surface area contributed by atoms with Crippen molar-refractivity contribution >= 4 is 18.0 Å². The van der Waals surface area contributed by atoms with Crippen LogP contribution in [0.3, 0.4) is 0 Å². The number of hydrogen-bond donors (Lipinski definition) is 2. The standard InChI is InChI=1S/C27H32N2O5/c1-3-8-23(25(30)29-15-17(2)13-14-24(29)26(31)32)28-27(33)34-16-22-20-11-6-4-9-18(20)19-10-5-7-12-21(19)22/h4-7,9-12,17,22-24H,3,8,13-16H2,1-2H3,(H,28,33)(H,31,32). The van der Waals surface area contributed by atoms with Crippen LogP contribution in [0.25, 0.3) is 11.1 Å². The number of aliphatic carboxylic acids is 1. The second-order valence-corrected chi connectivity index (χ2v) is 9.34. The van der Waals surface area contributed by atoms with Crippen molar-refractivity contribution in [1.29, 1.82) is 0 Å². The van der Waals surface area contributed by atoms with E-state index >= 15 is 0 Å². The molecule has 1 heterocycles. The van der Waals surface area contributed by atoms with Crippen LogP contribution in [0.5, 0.6) is 0 Å². The van der Waals surface area contributed by atoms with E-state index in [1.54, 1.807) is 0 Å². The molecule has 1 aliphatic carbocycles. The maximum absolute atomic E-state index is 13.3. The molecule has 2 amide bonds. The summed E-state index contributed by atoms with van der Waals surface area (Å²) in [4.78, 5) is 39.2. The fourth-order valence-electron chi connectivity index (χ4n) is 5.18. The number of likely N-dealkylation sites (tertiary alicyclic amines) is 1. The highest BCUT2D eigenvalue weighted by molar-refractivity contribution is 5.89. The monoisotopic (exact) mass is 464 g/mol. The van der Waals surface area contributed by atoms with Crippen LogP contribution in [0.1, 0.15) is 56.6 Å². The predicted octanol–water partition coefficient (Wildman–Crippen LogP) is 4.41. The second-order valence-electron chi connectivity index (χ2n) is 9.34. The van der Waals surface area contributed by atoms with Crippen molar-refractivity contribution in [3.8, 4) is 11.1 Å². The van der Waals surface area contributed by atoms with E-state index in [0.717, 1.165) is 28.7 Å². The number of nitrogens with one attached hydrogen (secondary N) is 1. The molecule has 1 saturated heterocycles. The third-order valence-corrected chi connectivity index (χ3v) is 6.90. The minimum Gasteiger partial charge on any atom is -0.480 e. The van der Waals surface area contributed by atoms with Crippen LogP contribution in [-0.2, 0) is 14.3 Å². The van der Waals surface area contributed by atoms with Gasteiger partial charge in [-0.15, -0.1) is 0 Å². The Hall–Kier alpha value is -3.35. The molecule has 2 aromatic rings. The molecule has 0 radical (unpaired) electrons. The number of hydrogen-bond acceptors (Lipinski definition) is 4. The van der Waals surface area contributed by atoms with Crippen LogP contribution in [0.15, 0.2) is 48.5 Å². The van der Waals surface area contributed by atoms with Crippen LogP contribution < -0.4 is 5.32 Å². The van der Waals surface area contributed by atoms with Gasteiger partial charge >= 0.3 is 12.1 Å². The lowest BCUT2D eigenvalue weighted by molar-refractivity contribution is -0.154. The van der Waals surface area contributed by atoms with Gasteiger partial charge in [-0.1, -0.05) is 68.8 Å². The van der Waals surface area contributed by atoms with Crippen molar-refractivity contribution in [2.45, 2.75) is 57.5 Å². The van der Waals surface area contributed by atoms with Gasteiger partial charge in [0.15, 0.2) is 0 Å². The summed E-state index contributed by atoms with van der Waals surface area (Å²) in [6.45, 7) is 4.47. The number of benzene rings is 2. The van der Waals surface area contributed by atoms with Gasteiger partial charge in [0.2, 0.25) is 5.91 Å². The number of ether oxygens (including phenoxy) is 1. The molecule has 3 atom stereocenters. The number of amides is 2. The molecule has 34 heavy (non-hydrogen) atoms. The Morgan fingerprint density at radius 1 is 1.06 bits per heavy atom. The number of carboxylic acids is 1. The number of nitrogens with zero attached hydrogens (tertiary/aromatic N) is 1. The molecule has 0 saturated carbocycles. The Balaban J connectivity index is 1.44. The minimum atomic E-state index is -1.00. The largest absolute Gasteiger partial charge is 0.480 e. The van der Waals surface area contributed by atoms with Gasteiger partial charge in [-0.25, -0.2) is 9.59 Å². The summed E-state index contributed by atoms with van der Waals surface area (Å²) in [7, 11) is 0. The maximum atomic E-state index is 13.3. The minimum absolute atomic E-state index is 0.0715. The van der Waals surface area contributed by atoms with Crippen molar-refractivity contribution in [1.82, 2.24) is 10.2 Å². The number of rotatable bonds is 7. The van der Waals surface area contributed by atoms with Crippen molar-refractivity contribution in [2.75, 3.05) is 13.2 Å². The maximum Gasteiger partial charge on any atom is 0.407 e. The van der Waals surface area contributed by atoms with E-state index in [2.05, 4.69) is 17.4 Å². The van der Waals surface area contributed by atoms with Gasteiger partial charge in [0.25, 0.3) is 0 Å². The summed E-state index contributed by atoms with van der Waals surface area (Å²) >= 11 is 0. The first-order valence-corrected chi connectivity index (χ1v) is 12.1. The molecule has 3 unspecified atom stereocenters. The topological polar surface area (TPSA) is 95.9 Å². The Morgan fingerprint density at radius 3 is 2.26 bits per heavy atom. The summed E-state index contributed by atoms with van der Waals surface area (Å²) in [6, 6.07) is 14.5. The van der Waals surface area contributed by atoms with Crippen LogP contribution in [0, 0.1) is 5.92 Å². The van der Waals surface area contributed by atoms with Gasteiger partial charge in [0.05, 0.1) is 0 Å². The van der Waals surface area contributed by atoms with E-state index in [0.29, 0.717) is 25.8 Å². The molecule has 0 spiro atoms. The SMILES string of the molecule is CCCC(NC(=O)OCC1c2ccccc2-c2ccccc21)C(=O)N1CC(C)CCC1C(=O)O. The van der Waals surface area contributed by atoms with Gasteiger partial charge in [-0.3, -0.25) is 4.79 Å². The molecular formula is C27H32N2O5. The zero-order valence-electron chi connectivity index (χ0n) is 19.7. The summed E-state index contributed by atoms with van der Waals surface area (Å²) in [5, 5.41) is 12.3. The van der Waals surface area contributed by atoms with E-state index in [1.165, 1.54) is 4.90 Å². The lowest BCUT2D eigenvalue weighted by Gasteiger charge is -2.38. The van der Waals surface area contributed by atoms with Crippen molar-refractivity contribution < 1.29 is 24.2 Å². The summed E-state index contributed by atoms with van der Waals surface area (Å²) < 4.78 is 5.61. The van der Waals surface area contributed by atoms with E-state index in [1.807, 2.05) is 50.2 Å². The smallest absolute Gasteiger partial charge is 0.407 e. The molecular weight excluding hydrogens is 432 g/mol. The zero-order valence-corrected chi connectivity index (χ0v) is 19.7. The molecule has 0 bridgehead atoms. The van der Waals surface area contributed by atoms with Gasteiger partial charge in [-0.05, 0) is 47.4 Å². The molecule has 0 aromatic heterocycles. The zero-order chi connectivity index (χ0) is 24.2. The highest BCUT2D eigenvalue weighted by Crippen LogP contribution is 2.44. The molecule has 180 valence electrons. The molecule has 4 rings (SSSR count). The average Bonchev–Trinajstić information content (AvgIpc) is 3.15. The summed E-state index contributed by atoms with van der Waals surface area (Å²) in [5.74, 6) is -1.21. The molecule has 2 N–H and O–H groups in total. The first kappa shape index (κ1) is 23.8. The first-order valence-electron chi connectivity index (χ1n) is 12.1. The number of piperidine rings is 1. The number of carbonyl (C=O) groups is 3. The second kappa shape index (κ2) is 10.3. The van der Waals surface area contributed by atoms with E-state index in [4.69, 9.17) is 4.74 Å². The van der Waals surface area contributed by atoms with Gasteiger partial charge in [-0.2, -0.15) is 0 Å². The Morgan fingerprint density at radius 2 is 1.68 bits per heavy atom. The molecule has 2 aliphatic rings. The molecule has 2 aromatic carbocycles. The number of carboxylic acid groups (broad SMARTS) is 1. The van der Waals surface area contributed by atoms with E-state index in [-0.39, 0.29) is 24.3 Å². The van der Waals surface area contributed by atoms with Crippen LogP contribution in [-0.4, -0.2) is 53.2 Å². The molecule has 7 heteroatoms. The fraction of sp³-hybridized carbons (Fsp3) is 0.444. The number of fused-ring (bicyclic) bond motifs is 3. The molecule has 1 aliphatic heterocycles. The third-order valence-electron chi connectivity index (χ3n) is 6.90. The van der Waals surface area contributed by atoms with Gasteiger partial charge in [0.1, 0.15) is 18.7 Å². The van der Waals surface area contributed by atoms with Crippen molar-refractivity contribution in [3.05, 3.63) is 59.7 Å². The average molecular weight is 465 g/mol. The van der Waals surface area contributed by atoms with E-state index in [9.17, 15) is 19.5 Å². The summed E-state index contributed by atoms with van der Waals surface area (Å²) in [6.07, 6.45) is 1.61. The van der Waals surface area contributed by atoms with Crippen LogP contribution >= 0.6 is 0 Å². The highest BCUT2D eigenvalue weighted by Gasteiger charge is 2.38. The predicted molar refractivity (Wildman–Crippen MR) is 128 cm³/mol. The molecule has 7 nitrogen and oxygen atoms in total. The third kappa shape index (κ3) is 4.79. The van der Waals surface area contributed by atoms with Gasteiger partial charge in [0, 0.05) is 12.5 Å². The van der Waals surface area contributed by atoms with Crippen molar-refractivity contribution in [2.24, 2.45) is 5.92 Å². The highest BCUT2D eigenvalue weighted by atomic mass is 16.5. The normalized spacial score (nSPS) is 20.2. The Labute approximate surface area is 200 Å². The lowest BCUT2D eigenvalue weighted by Crippen LogP contribution is -2.56.